The molecule has 0 aromatic carbocycles. The van der Waals surface area contributed by atoms with Crippen molar-refractivity contribution in [3.05, 3.63) is 17.5 Å². The molecule has 0 aliphatic rings. The maximum atomic E-state index is 11.5. The van der Waals surface area contributed by atoms with E-state index in [0.29, 0.717) is 18.1 Å². The van der Waals surface area contributed by atoms with Crippen molar-refractivity contribution in [1.82, 2.24) is 9.78 Å². The first-order chi connectivity index (χ1) is 6.67. The first kappa shape index (κ1) is 11.4. The molecule has 1 unspecified atom stereocenters. The summed E-state index contributed by atoms with van der Waals surface area (Å²) in [5.41, 5.74) is 7.36. The fraction of sp³-hybridized carbons (Fsp3) is 0.667. The van der Waals surface area contributed by atoms with E-state index in [4.69, 9.17) is 5.73 Å². The minimum Gasteiger partial charge on any atom is -0.330 e. The number of hydrogen-bond donors (Lipinski definition) is 1. The highest BCUT2D eigenvalue weighted by Gasteiger charge is 2.07. The van der Waals surface area contributed by atoms with Gasteiger partial charge in [-0.15, -0.1) is 0 Å². The van der Waals surface area contributed by atoms with Crippen molar-refractivity contribution in [3.63, 3.8) is 0 Å². The molecule has 1 aromatic heterocycles. The zero-order chi connectivity index (χ0) is 10.6. The fourth-order valence-corrected chi connectivity index (χ4v) is 2.33. The number of nitrogens with zero attached hydrogens (tertiary/aromatic N) is 2. The van der Waals surface area contributed by atoms with E-state index in [-0.39, 0.29) is 0 Å². The Bertz CT molecular complexity index is 322. The third-order valence-corrected chi connectivity index (χ3v) is 3.25. The zero-order valence-electron chi connectivity index (χ0n) is 8.69. The van der Waals surface area contributed by atoms with Gasteiger partial charge in [-0.1, -0.05) is 0 Å². The van der Waals surface area contributed by atoms with Gasteiger partial charge in [0.1, 0.15) is 0 Å². The van der Waals surface area contributed by atoms with Crippen molar-refractivity contribution in [1.29, 1.82) is 0 Å². The molecule has 2 N–H and O–H groups in total. The molecular weight excluding hydrogens is 198 g/mol. The SMILES string of the molecule is CCn1nc(C)cc1CS(=O)CCN. The Balaban J connectivity index is 2.70. The molecule has 80 valence electrons. The molecule has 0 amide bonds. The summed E-state index contributed by atoms with van der Waals surface area (Å²) in [6.07, 6.45) is 0. The summed E-state index contributed by atoms with van der Waals surface area (Å²) in [6.45, 7) is 5.28. The highest BCUT2D eigenvalue weighted by Crippen LogP contribution is 2.06. The Morgan fingerprint density at radius 3 is 2.93 bits per heavy atom. The molecule has 1 aromatic rings. The summed E-state index contributed by atoms with van der Waals surface area (Å²) in [7, 11) is -0.855. The third-order valence-electron chi connectivity index (χ3n) is 1.94. The van der Waals surface area contributed by atoms with Crippen LogP contribution in [-0.2, 0) is 23.1 Å². The zero-order valence-corrected chi connectivity index (χ0v) is 9.51. The highest BCUT2D eigenvalue weighted by molar-refractivity contribution is 7.84. The van der Waals surface area contributed by atoms with E-state index in [1.54, 1.807) is 0 Å². The minimum absolute atomic E-state index is 0.478. The molecule has 0 spiro atoms. The second-order valence-corrected chi connectivity index (χ2v) is 4.75. The molecule has 1 heterocycles. The van der Waals surface area contributed by atoms with E-state index >= 15 is 0 Å². The smallest absolute Gasteiger partial charge is 0.0656 e. The molecule has 1 atom stereocenters. The van der Waals surface area contributed by atoms with Gasteiger partial charge in [-0.2, -0.15) is 5.10 Å². The summed E-state index contributed by atoms with van der Waals surface area (Å²) < 4.78 is 13.4. The molecule has 0 aliphatic carbocycles. The Morgan fingerprint density at radius 1 is 1.64 bits per heavy atom. The van der Waals surface area contributed by atoms with Crippen LogP contribution < -0.4 is 5.73 Å². The standard InChI is InChI=1S/C9H17N3OS/c1-3-12-9(6-8(2)11-12)7-14(13)5-4-10/h6H,3-5,7,10H2,1-2H3. The predicted octanol–water partition coefficient (Wildman–Crippen LogP) is 0.419. The normalized spacial score (nSPS) is 13.1. The molecule has 0 fully saturated rings. The number of aromatic nitrogens is 2. The van der Waals surface area contributed by atoms with Crippen LogP contribution in [0.5, 0.6) is 0 Å². The Kier molecular flexibility index (Phi) is 4.28. The lowest BCUT2D eigenvalue weighted by atomic mass is 10.4. The van der Waals surface area contributed by atoms with Gasteiger partial charge in [-0.3, -0.25) is 8.89 Å². The van der Waals surface area contributed by atoms with Crippen molar-refractivity contribution in [3.8, 4) is 0 Å². The fourth-order valence-electron chi connectivity index (χ4n) is 1.36. The van der Waals surface area contributed by atoms with Crippen molar-refractivity contribution >= 4 is 10.8 Å². The molecule has 0 saturated heterocycles. The Morgan fingerprint density at radius 2 is 2.36 bits per heavy atom. The van der Waals surface area contributed by atoms with Gasteiger partial charge in [-0.05, 0) is 19.9 Å². The maximum Gasteiger partial charge on any atom is 0.0656 e. The van der Waals surface area contributed by atoms with Crippen LogP contribution in [0.2, 0.25) is 0 Å². The van der Waals surface area contributed by atoms with Crippen molar-refractivity contribution in [2.75, 3.05) is 12.3 Å². The first-order valence-electron chi connectivity index (χ1n) is 4.75. The number of hydrogen-bond acceptors (Lipinski definition) is 3. The van der Waals surface area contributed by atoms with Crippen LogP contribution in [0.15, 0.2) is 6.07 Å². The van der Waals surface area contributed by atoms with Crippen LogP contribution in [0, 0.1) is 6.92 Å². The van der Waals surface area contributed by atoms with Crippen LogP contribution in [0.3, 0.4) is 0 Å². The molecule has 4 nitrogen and oxygen atoms in total. The second-order valence-electron chi connectivity index (χ2n) is 3.17. The minimum atomic E-state index is -0.855. The molecule has 0 bridgehead atoms. The summed E-state index contributed by atoms with van der Waals surface area (Å²) in [5.74, 6) is 1.12. The van der Waals surface area contributed by atoms with E-state index < -0.39 is 10.8 Å². The highest BCUT2D eigenvalue weighted by atomic mass is 32.2. The number of nitrogens with two attached hydrogens (primary N) is 1. The lowest BCUT2D eigenvalue weighted by Crippen LogP contribution is -2.13. The van der Waals surface area contributed by atoms with E-state index in [9.17, 15) is 4.21 Å². The maximum absolute atomic E-state index is 11.5. The molecule has 0 aliphatic heterocycles. The van der Waals surface area contributed by atoms with Gasteiger partial charge in [-0.25, -0.2) is 0 Å². The molecule has 0 saturated carbocycles. The van der Waals surface area contributed by atoms with E-state index in [2.05, 4.69) is 5.10 Å². The summed E-state index contributed by atoms with van der Waals surface area (Å²) >= 11 is 0. The average Bonchev–Trinajstić information content (AvgIpc) is 2.46. The van der Waals surface area contributed by atoms with E-state index in [0.717, 1.165) is 17.9 Å². The lowest BCUT2D eigenvalue weighted by Gasteiger charge is -2.03. The summed E-state index contributed by atoms with van der Waals surface area (Å²) in [5, 5.41) is 4.29. The molecule has 1 rings (SSSR count). The molecule has 14 heavy (non-hydrogen) atoms. The predicted molar refractivity (Wildman–Crippen MR) is 58.4 cm³/mol. The lowest BCUT2D eigenvalue weighted by molar-refractivity contribution is 0.627. The average molecular weight is 215 g/mol. The molecule has 5 heteroatoms. The van der Waals surface area contributed by atoms with Gasteiger partial charge in [0.25, 0.3) is 0 Å². The van der Waals surface area contributed by atoms with Crippen LogP contribution in [0.1, 0.15) is 18.3 Å². The van der Waals surface area contributed by atoms with Crippen LogP contribution in [-0.4, -0.2) is 26.3 Å². The van der Waals surface area contributed by atoms with Gasteiger partial charge in [0.2, 0.25) is 0 Å². The van der Waals surface area contributed by atoms with E-state index in [1.807, 2.05) is 24.6 Å². The Hall–Kier alpha value is -0.680. The van der Waals surface area contributed by atoms with Crippen molar-refractivity contribution in [2.24, 2.45) is 5.73 Å². The van der Waals surface area contributed by atoms with Gasteiger partial charge in [0, 0.05) is 29.6 Å². The van der Waals surface area contributed by atoms with Gasteiger partial charge >= 0.3 is 0 Å². The largest absolute Gasteiger partial charge is 0.330 e. The molecular formula is C9H17N3OS. The van der Waals surface area contributed by atoms with Crippen LogP contribution in [0.25, 0.3) is 0 Å². The monoisotopic (exact) mass is 215 g/mol. The summed E-state index contributed by atoms with van der Waals surface area (Å²) in [6, 6.07) is 1.98. The molecule has 0 radical (unpaired) electrons. The number of rotatable bonds is 5. The topological polar surface area (TPSA) is 60.9 Å². The van der Waals surface area contributed by atoms with Gasteiger partial charge in [0.15, 0.2) is 0 Å². The van der Waals surface area contributed by atoms with E-state index in [1.165, 1.54) is 0 Å². The quantitative estimate of drug-likeness (QED) is 0.774. The first-order valence-corrected chi connectivity index (χ1v) is 6.24. The Labute approximate surface area is 86.9 Å². The van der Waals surface area contributed by atoms with Crippen LogP contribution >= 0.6 is 0 Å². The van der Waals surface area contributed by atoms with Gasteiger partial charge < -0.3 is 5.73 Å². The third kappa shape index (κ3) is 2.92. The van der Waals surface area contributed by atoms with Crippen molar-refractivity contribution < 1.29 is 4.21 Å². The van der Waals surface area contributed by atoms with Gasteiger partial charge in [0.05, 0.1) is 17.1 Å². The van der Waals surface area contributed by atoms with Crippen molar-refractivity contribution in [2.45, 2.75) is 26.1 Å². The van der Waals surface area contributed by atoms with Crippen LogP contribution in [0.4, 0.5) is 0 Å². The number of aryl methyl sites for hydroxylation is 2. The summed E-state index contributed by atoms with van der Waals surface area (Å²) in [4.78, 5) is 0. The second kappa shape index (κ2) is 5.26.